The molecule has 2 aliphatic carbocycles. The molecule has 6 nitrogen and oxygen atoms in total. The summed E-state index contributed by atoms with van der Waals surface area (Å²) in [4.78, 5) is 0. The van der Waals surface area contributed by atoms with Gasteiger partial charge in [0.15, 0.2) is 46.5 Å². The molecule has 0 fully saturated rings. The highest BCUT2D eigenvalue weighted by molar-refractivity contribution is 9.10. The molecule has 8 aromatic rings. The quantitative estimate of drug-likeness (QED) is 0.0232. The van der Waals surface area contributed by atoms with Gasteiger partial charge in [0.25, 0.3) is 11.8 Å². The molecule has 0 N–H and O–H groups in total. The fraction of sp³-hybridized carbons (Fsp3) is 0.459. The second kappa shape index (κ2) is 30.2. The van der Waals surface area contributed by atoms with Crippen LogP contribution in [0.25, 0.3) is 79.2 Å². The summed E-state index contributed by atoms with van der Waals surface area (Å²) in [7, 11) is 0. The lowest BCUT2D eigenvalue weighted by Crippen LogP contribution is -2.25. The van der Waals surface area contributed by atoms with Gasteiger partial charge in [-0.1, -0.05) is 238 Å². The maximum Gasteiger partial charge on any atom is 0.254 e. The molecule has 6 aromatic carbocycles. The van der Waals surface area contributed by atoms with Crippen LogP contribution in [0, 0.1) is 46.5 Å². The number of aromatic nitrogens is 4. The highest BCUT2D eigenvalue weighted by Crippen LogP contribution is 2.58. The van der Waals surface area contributed by atoms with Crippen LogP contribution in [0.5, 0.6) is 0 Å². The molecule has 0 saturated heterocycles. The lowest BCUT2D eigenvalue weighted by molar-refractivity contribution is 0.397. The zero-order valence-corrected chi connectivity index (χ0v) is 55.3. The van der Waals surface area contributed by atoms with Gasteiger partial charge in [-0.3, -0.25) is 0 Å². The van der Waals surface area contributed by atoms with Crippen LogP contribution in [0.3, 0.4) is 0 Å². The lowest BCUT2D eigenvalue weighted by Gasteiger charge is -2.33. The van der Waals surface area contributed by atoms with E-state index in [-0.39, 0.29) is 11.8 Å². The summed E-state index contributed by atoms with van der Waals surface area (Å²) in [5, 5.41) is 15.8. The predicted octanol–water partition coefficient (Wildman–Crippen LogP) is 25.0. The number of halogens is 10. The molecule has 2 aromatic heterocycles. The number of unbranched alkanes of at least 4 members (excludes halogenated alkanes) is 20. The Hall–Kier alpha value is -6.00. The van der Waals surface area contributed by atoms with Crippen molar-refractivity contribution >= 4 is 31.9 Å². The van der Waals surface area contributed by atoms with Gasteiger partial charge in [-0.05, 0) is 119 Å². The first kappa shape index (κ1) is 66.9. The first-order valence-electron chi connectivity index (χ1n) is 32.9. The fourth-order valence-corrected chi connectivity index (χ4v) is 15.0. The van der Waals surface area contributed by atoms with Crippen molar-refractivity contribution in [2.24, 2.45) is 0 Å². The molecule has 0 atom stereocenters. The van der Waals surface area contributed by atoms with Gasteiger partial charge in [0.2, 0.25) is 11.8 Å². The molecular weight excluding hydrogens is 1290 g/mol. The van der Waals surface area contributed by atoms with E-state index in [2.05, 4.69) is 104 Å². The van der Waals surface area contributed by atoms with Crippen LogP contribution in [0.15, 0.2) is 90.6 Å². The Morgan fingerprint density at radius 2 is 0.544 bits per heavy atom. The largest absolute Gasteiger partial charge is 0.416 e. The van der Waals surface area contributed by atoms with Gasteiger partial charge in [-0.15, -0.1) is 20.4 Å². The van der Waals surface area contributed by atoms with Crippen molar-refractivity contribution in [3.05, 3.63) is 151 Å². The molecule has 2 aliphatic rings. The molecule has 0 spiro atoms. The van der Waals surface area contributed by atoms with Crippen LogP contribution >= 0.6 is 31.9 Å². The van der Waals surface area contributed by atoms with Gasteiger partial charge >= 0.3 is 0 Å². The maximum atomic E-state index is 16.4. The average Bonchev–Trinajstić information content (AvgIpc) is 1.49. The molecule has 0 bridgehead atoms. The van der Waals surface area contributed by atoms with E-state index >= 15 is 35.1 Å². The van der Waals surface area contributed by atoms with Gasteiger partial charge in [0.05, 0.1) is 11.1 Å². The molecule has 2 heterocycles. The Labute approximate surface area is 541 Å². The summed E-state index contributed by atoms with van der Waals surface area (Å²) >= 11 is 7.47. The summed E-state index contributed by atoms with van der Waals surface area (Å²) < 4.78 is 145. The lowest BCUT2D eigenvalue weighted by atomic mass is 9.70. The van der Waals surface area contributed by atoms with Crippen molar-refractivity contribution < 1.29 is 44.0 Å². The van der Waals surface area contributed by atoms with Crippen molar-refractivity contribution in [1.29, 1.82) is 0 Å². The van der Waals surface area contributed by atoms with E-state index in [0.717, 1.165) is 196 Å². The standard InChI is InChI=1S/C74H80Br2F8N4O2/c1-5-9-13-17-21-25-37-73(38-26-22-18-14-10-6-2)53-41-45(29-33-49(53)51-35-31-47(75)43-55(51)73)69-85-87-71(89-69)59-65(81)61(77)57(62(78)66(59)82)58-63(79)67(83)60(68(84)64(58)80)72-88-86-70(90-72)46-30-34-50-52-36-32-48(76)44-56(52)74(54(50)42-46,39-27-23-19-15-11-7-3)40-28-24-20-16-12-8-4/h29-36,41-44H,5-28,37-40H2,1-4H3. The summed E-state index contributed by atoms with van der Waals surface area (Å²) in [5.74, 6) is -20.8. The molecule has 10 rings (SSSR count). The van der Waals surface area contributed by atoms with Crippen LogP contribution in [0.1, 0.15) is 230 Å². The first-order valence-corrected chi connectivity index (χ1v) is 34.5. The SMILES string of the molecule is CCCCCCCCC1(CCCCCCCC)c2cc(Br)ccc2-c2ccc(-c3nnc(-c4c(F)c(F)c(-c5c(F)c(F)c(-c6nnc(-c7ccc8c(c7)C(CCCCCCCC)(CCCCCCCC)c7cc(Br)ccc7-8)o6)c(F)c5F)c(F)c4F)o3)cc21. The highest BCUT2D eigenvalue weighted by atomic mass is 79.9. The van der Waals surface area contributed by atoms with Crippen molar-refractivity contribution in [2.45, 2.75) is 218 Å². The third-order valence-electron chi connectivity index (χ3n) is 19.0. The predicted molar refractivity (Wildman–Crippen MR) is 349 cm³/mol. The topological polar surface area (TPSA) is 77.8 Å². The summed E-state index contributed by atoms with van der Waals surface area (Å²) in [6.45, 7) is 8.76. The highest BCUT2D eigenvalue weighted by Gasteiger charge is 2.45. The molecule has 0 aliphatic heterocycles. The van der Waals surface area contributed by atoms with Crippen LogP contribution < -0.4 is 0 Å². The summed E-state index contributed by atoms with van der Waals surface area (Å²) in [6, 6.07) is 23.8. The third-order valence-corrected chi connectivity index (χ3v) is 20.0. The first-order chi connectivity index (χ1) is 43.6. The summed E-state index contributed by atoms with van der Waals surface area (Å²) in [5.41, 5.74) is 1.55. The van der Waals surface area contributed by atoms with Crippen molar-refractivity contribution in [3.63, 3.8) is 0 Å². The Kier molecular flexibility index (Phi) is 22.4. The number of rotatable bonds is 33. The van der Waals surface area contributed by atoms with E-state index in [1.165, 1.54) is 36.8 Å². The van der Waals surface area contributed by atoms with Gasteiger partial charge in [0.1, 0.15) is 11.1 Å². The van der Waals surface area contributed by atoms with Gasteiger partial charge < -0.3 is 8.83 Å². The minimum atomic E-state index is -2.38. The minimum Gasteiger partial charge on any atom is -0.416 e. The fourth-order valence-electron chi connectivity index (χ4n) is 14.3. The van der Waals surface area contributed by atoms with E-state index in [0.29, 0.717) is 11.1 Å². The molecule has 90 heavy (non-hydrogen) atoms. The van der Waals surface area contributed by atoms with Crippen LogP contribution in [0.4, 0.5) is 35.1 Å². The maximum absolute atomic E-state index is 16.4. The number of fused-ring (bicyclic) bond motifs is 6. The molecular formula is C74H80Br2F8N4O2. The molecule has 478 valence electrons. The van der Waals surface area contributed by atoms with E-state index < -0.39 is 91.4 Å². The van der Waals surface area contributed by atoms with Crippen LogP contribution in [-0.4, -0.2) is 20.4 Å². The molecule has 0 radical (unpaired) electrons. The zero-order chi connectivity index (χ0) is 63.7. The molecule has 16 heteroatoms. The minimum absolute atomic E-state index is 0.224. The van der Waals surface area contributed by atoms with Crippen molar-refractivity contribution in [1.82, 2.24) is 20.4 Å². The molecule has 0 unspecified atom stereocenters. The van der Waals surface area contributed by atoms with E-state index in [9.17, 15) is 0 Å². The Balaban J connectivity index is 0.952. The second-order valence-corrected chi connectivity index (χ2v) is 26.8. The van der Waals surface area contributed by atoms with Gasteiger partial charge in [-0.25, -0.2) is 35.1 Å². The number of nitrogens with zero attached hydrogens (tertiary/aromatic N) is 4. The van der Waals surface area contributed by atoms with Crippen LogP contribution in [0.2, 0.25) is 0 Å². The monoisotopic (exact) mass is 1370 g/mol. The van der Waals surface area contributed by atoms with E-state index in [1.54, 1.807) is 12.1 Å². The number of hydrogen-bond donors (Lipinski definition) is 0. The number of benzene rings is 6. The second-order valence-electron chi connectivity index (χ2n) is 25.0. The van der Waals surface area contributed by atoms with Crippen LogP contribution in [-0.2, 0) is 10.8 Å². The van der Waals surface area contributed by atoms with Crippen molar-refractivity contribution in [2.75, 3.05) is 0 Å². The van der Waals surface area contributed by atoms with Gasteiger partial charge in [0, 0.05) is 30.9 Å². The Bertz CT molecular complexity index is 3490. The number of hydrogen-bond acceptors (Lipinski definition) is 6. The smallest absolute Gasteiger partial charge is 0.254 e. The average molecular weight is 1370 g/mol. The van der Waals surface area contributed by atoms with Crippen molar-refractivity contribution in [3.8, 4) is 79.2 Å². The zero-order valence-electron chi connectivity index (χ0n) is 52.1. The Morgan fingerprint density at radius 3 is 0.844 bits per heavy atom. The Morgan fingerprint density at radius 1 is 0.300 bits per heavy atom. The van der Waals surface area contributed by atoms with E-state index in [1.807, 2.05) is 36.4 Å². The van der Waals surface area contributed by atoms with Gasteiger partial charge in [-0.2, -0.15) is 0 Å². The third kappa shape index (κ3) is 13.5. The summed E-state index contributed by atoms with van der Waals surface area (Å²) in [6.07, 6.45) is 30.0. The molecule has 0 amide bonds. The normalized spacial score (nSPS) is 13.5. The molecule has 0 saturated carbocycles. The van der Waals surface area contributed by atoms with E-state index in [4.69, 9.17) is 8.83 Å².